The lowest BCUT2D eigenvalue weighted by molar-refractivity contribution is 0.0147. The predicted octanol–water partition coefficient (Wildman–Crippen LogP) is 7.29. The maximum absolute atomic E-state index is 13.2. The number of hydrogen-bond acceptors (Lipinski definition) is 7. The van der Waals surface area contributed by atoms with Crippen LogP contribution < -0.4 is 9.46 Å². The van der Waals surface area contributed by atoms with Crippen molar-refractivity contribution in [3.05, 3.63) is 89.5 Å². The number of benzene rings is 3. The zero-order chi connectivity index (χ0) is 34.9. The number of nitrogens with zero attached hydrogens (tertiary/aromatic N) is 1. The maximum Gasteiger partial charge on any atom is 0.410 e. The summed E-state index contributed by atoms with van der Waals surface area (Å²) in [5, 5.41) is 10.8. The molecule has 0 unspecified atom stereocenters. The van der Waals surface area contributed by atoms with Crippen LogP contribution in [0.1, 0.15) is 94.3 Å². The van der Waals surface area contributed by atoms with Gasteiger partial charge in [0.25, 0.3) is 5.91 Å². The van der Waals surface area contributed by atoms with E-state index in [4.69, 9.17) is 9.47 Å². The van der Waals surface area contributed by atoms with Gasteiger partial charge in [-0.05, 0) is 94.2 Å². The summed E-state index contributed by atoms with van der Waals surface area (Å²) in [7, 11) is -3.79. The highest BCUT2D eigenvalue weighted by Gasteiger charge is 2.26. The first-order chi connectivity index (χ1) is 22.7. The minimum Gasteiger partial charge on any atom is -0.490 e. The Labute approximate surface area is 285 Å². The molecule has 3 aromatic carbocycles. The quantitative estimate of drug-likeness (QED) is 0.195. The zero-order valence-electron chi connectivity index (χ0n) is 28.8. The van der Waals surface area contributed by atoms with Gasteiger partial charge in [-0.1, -0.05) is 79.9 Å². The number of ether oxygens (including phenoxy) is 2. The SMILES string of the molecule is CC(C)Oc1cc(-c2ccc(CCN(C[C@H](O)c3ccccc3)C(=O)OC(C)(C)C)cc2)ccc1C(=O)NS(=O)(=O)CC1CCCCC1. The number of aliphatic hydroxyl groups excluding tert-OH is 1. The molecule has 0 spiro atoms. The van der Waals surface area contributed by atoms with Gasteiger partial charge in [0.2, 0.25) is 10.0 Å². The molecule has 0 aliphatic heterocycles. The Hall–Kier alpha value is -3.89. The van der Waals surface area contributed by atoms with Crippen LogP contribution in [0.5, 0.6) is 5.75 Å². The first-order valence-corrected chi connectivity index (χ1v) is 18.5. The van der Waals surface area contributed by atoms with Crippen molar-refractivity contribution in [2.45, 2.75) is 91.0 Å². The van der Waals surface area contributed by atoms with Crippen molar-refractivity contribution in [2.24, 2.45) is 5.92 Å². The summed E-state index contributed by atoms with van der Waals surface area (Å²) in [6.45, 7) is 9.57. The van der Waals surface area contributed by atoms with Crippen LogP contribution in [0.4, 0.5) is 4.79 Å². The van der Waals surface area contributed by atoms with E-state index < -0.39 is 33.7 Å². The van der Waals surface area contributed by atoms with E-state index in [2.05, 4.69) is 4.72 Å². The normalized spacial score (nSPS) is 14.7. The van der Waals surface area contributed by atoms with Crippen molar-refractivity contribution in [2.75, 3.05) is 18.8 Å². The molecule has 1 fully saturated rings. The Balaban J connectivity index is 1.46. The minimum absolute atomic E-state index is 0.0489. The Kier molecular flexibility index (Phi) is 12.7. The van der Waals surface area contributed by atoms with Crippen LogP contribution in [-0.2, 0) is 21.2 Å². The minimum atomic E-state index is -3.79. The average Bonchev–Trinajstić information content (AvgIpc) is 3.02. The third-order valence-electron chi connectivity index (χ3n) is 8.20. The van der Waals surface area contributed by atoms with Crippen LogP contribution in [0.2, 0.25) is 0 Å². The van der Waals surface area contributed by atoms with Crippen LogP contribution in [0.15, 0.2) is 72.8 Å². The third kappa shape index (κ3) is 11.4. The van der Waals surface area contributed by atoms with Crippen LogP contribution >= 0.6 is 0 Å². The number of carbonyl (C=O) groups excluding carboxylic acids is 2. The molecule has 1 atom stereocenters. The molecule has 3 aromatic rings. The third-order valence-corrected chi connectivity index (χ3v) is 9.61. The highest BCUT2D eigenvalue weighted by molar-refractivity contribution is 7.90. The standard InChI is InChI=1S/C38H50N2O7S/c1-27(2)46-35-24-32(20-21-33(35)36(42)39-48(44,45)26-29-12-8-6-9-13-29)30-18-16-28(17-19-30)22-23-40(37(43)47-38(3,4)5)25-34(41)31-14-10-7-11-15-31/h7,10-11,14-21,24,27,29,34,41H,6,8-9,12-13,22-23,25-26H2,1-5H3,(H,39,42)/t34-/m0/s1. The van der Waals surface area contributed by atoms with Crippen molar-refractivity contribution in [3.8, 4) is 16.9 Å². The van der Waals surface area contributed by atoms with Gasteiger partial charge in [0, 0.05) is 6.54 Å². The Morgan fingerprint density at radius 2 is 1.58 bits per heavy atom. The fourth-order valence-corrected chi connectivity index (χ4v) is 7.27. The van der Waals surface area contributed by atoms with Gasteiger partial charge in [-0.3, -0.25) is 4.79 Å². The zero-order valence-corrected chi connectivity index (χ0v) is 29.6. The number of rotatable bonds is 13. The molecule has 10 heteroatoms. The molecule has 0 aromatic heterocycles. The second-order valence-electron chi connectivity index (χ2n) is 13.9. The van der Waals surface area contributed by atoms with Crippen molar-refractivity contribution < 1.29 is 32.6 Å². The van der Waals surface area contributed by atoms with Crippen molar-refractivity contribution in [3.63, 3.8) is 0 Å². The summed E-state index contributed by atoms with van der Waals surface area (Å²) >= 11 is 0. The molecule has 0 bridgehead atoms. The van der Waals surface area contributed by atoms with Crippen molar-refractivity contribution >= 4 is 22.0 Å². The van der Waals surface area contributed by atoms with Crippen molar-refractivity contribution in [1.82, 2.24) is 9.62 Å². The van der Waals surface area contributed by atoms with Crippen LogP contribution in [0.25, 0.3) is 11.1 Å². The van der Waals surface area contributed by atoms with Crippen LogP contribution in [-0.4, -0.2) is 61.0 Å². The number of hydrogen-bond donors (Lipinski definition) is 2. The topological polar surface area (TPSA) is 122 Å². The fraction of sp³-hybridized carbons (Fsp3) is 0.474. The van der Waals surface area contributed by atoms with Gasteiger partial charge in [0.15, 0.2) is 0 Å². The largest absolute Gasteiger partial charge is 0.490 e. The lowest BCUT2D eigenvalue weighted by Gasteiger charge is -2.29. The van der Waals surface area contributed by atoms with E-state index in [0.29, 0.717) is 18.7 Å². The highest BCUT2D eigenvalue weighted by atomic mass is 32.2. The number of nitrogens with one attached hydrogen (secondary N) is 1. The molecule has 1 aliphatic rings. The predicted molar refractivity (Wildman–Crippen MR) is 188 cm³/mol. The van der Waals surface area contributed by atoms with Gasteiger partial charge >= 0.3 is 6.09 Å². The Bertz CT molecular complexity index is 1610. The van der Waals surface area contributed by atoms with E-state index in [1.165, 1.54) is 4.90 Å². The van der Waals surface area contributed by atoms with E-state index in [9.17, 15) is 23.1 Å². The van der Waals surface area contributed by atoms with E-state index in [0.717, 1.165) is 54.4 Å². The number of carbonyl (C=O) groups is 2. The lowest BCUT2D eigenvalue weighted by Crippen LogP contribution is -2.40. The monoisotopic (exact) mass is 678 g/mol. The molecule has 4 rings (SSSR count). The summed E-state index contributed by atoms with van der Waals surface area (Å²) in [5.74, 6) is -0.369. The van der Waals surface area contributed by atoms with Gasteiger partial charge in [0.05, 0.1) is 30.1 Å². The van der Waals surface area contributed by atoms with E-state index in [1.54, 1.807) is 18.2 Å². The molecule has 2 amide bonds. The molecule has 0 radical (unpaired) electrons. The first-order valence-electron chi connectivity index (χ1n) is 16.8. The summed E-state index contributed by atoms with van der Waals surface area (Å²) in [4.78, 5) is 27.8. The van der Waals surface area contributed by atoms with Gasteiger partial charge in [-0.25, -0.2) is 17.9 Å². The highest BCUT2D eigenvalue weighted by Crippen LogP contribution is 2.30. The molecule has 9 nitrogen and oxygen atoms in total. The fourth-order valence-electron chi connectivity index (χ4n) is 5.84. The smallest absolute Gasteiger partial charge is 0.410 e. The molecule has 0 heterocycles. The second kappa shape index (κ2) is 16.5. The molecular weight excluding hydrogens is 628 g/mol. The molecule has 0 saturated heterocycles. The van der Waals surface area contributed by atoms with E-state index in [-0.39, 0.29) is 29.9 Å². The summed E-state index contributed by atoms with van der Waals surface area (Å²) in [5.41, 5.74) is 2.89. The van der Waals surface area contributed by atoms with E-state index >= 15 is 0 Å². The molecule has 260 valence electrons. The molecule has 1 aliphatic carbocycles. The molecular formula is C38H50N2O7S. The summed E-state index contributed by atoms with van der Waals surface area (Å²) in [6, 6.07) is 22.2. The first kappa shape index (κ1) is 36.9. The lowest BCUT2D eigenvalue weighted by atomic mass is 9.91. The van der Waals surface area contributed by atoms with E-state index in [1.807, 2.05) is 89.2 Å². The van der Waals surface area contributed by atoms with Gasteiger partial charge < -0.3 is 19.5 Å². The Morgan fingerprint density at radius 3 is 2.21 bits per heavy atom. The summed E-state index contributed by atoms with van der Waals surface area (Å²) < 4.78 is 39.5. The Morgan fingerprint density at radius 1 is 0.938 bits per heavy atom. The van der Waals surface area contributed by atoms with Crippen LogP contribution in [0, 0.1) is 5.92 Å². The number of aliphatic hydroxyl groups is 1. The number of sulfonamides is 1. The van der Waals surface area contributed by atoms with Crippen LogP contribution in [0.3, 0.4) is 0 Å². The maximum atomic E-state index is 13.2. The molecule has 2 N–H and O–H groups in total. The van der Waals surface area contributed by atoms with Crippen molar-refractivity contribution in [1.29, 1.82) is 0 Å². The average molecular weight is 679 g/mol. The second-order valence-corrected chi connectivity index (χ2v) is 15.7. The number of amides is 2. The molecule has 48 heavy (non-hydrogen) atoms. The van der Waals surface area contributed by atoms with Gasteiger partial charge in [-0.15, -0.1) is 0 Å². The summed E-state index contributed by atoms with van der Waals surface area (Å²) in [6.07, 6.45) is 3.86. The van der Waals surface area contributed by atoms with Gasteiger partial charge in [0.1, 0.15) is 11.4 Å². The molecule has 1 saturated carbocycles. The van der Waals surface area contributed by atoms with Gasteiger partial charge in [-0.2, -0.15) is 0 Å².